The first-order chi connectivity index (χ1) is 8.67. The number of hydrogen-bond acceptors (Lipinski definition) is 4. The number of carbonyl (C=O) groups is 1. The average molecular weight is 257 g/mol. The predicted molar refractivity (Wildman–Crippen MR) is 72.3 cm³/mol. The molecule has 3 N–H and O–H groups in total. The predicted octanol–water partition coefficient (Wildman–Crippen LogP) is 0.198. The highest BCUT2D eigenvalue weighted by Gasteiger charge is 2.18. The summed E-state index contributed by atoms with van der Waals surface area (Å²) in [5.41, 5.74) is 5.64. The molecule has 0 aliphatic carbocycles. The van der Waals surface area contributed by atoms with Gasteiger partial charge in [0.1, 0.15) is 6.04 Å². The van der Waals surface area contributed by atoms with E-state index >= 15 is 0 Å². The van der Waals surface area contributed by atoms with Gasteiger partial charge in [-0.25, -0.2) is 0 Å². The summed E-state index contributed by atoms with van der Waals surface area (Å²) in [4.78, 5) is 14.0. The average Bonchev–Trinajstić information content (AvgIpc) is 2.39. The van der Waals surface area contributed by atoms with Gasteiger partial charge in [-0.1, -0.05) is 6.92 Å². The van der Waals surface area contributed by atoms with E-state index in [0.29, 0.717) is 0 Å². The van der Waals surface area contributed by atoms with E-state index in [1.807, 2.05) is 0 Å². The summed E-state index contributed by atoms with van der Waals surface area (Å²) < 4.78 is 4.85. The highest BCUT2D eigenvalue weighted by molar-refractivity contribution is 5.81. The van der Waals surface area contributed by atoms with Gasteiger partial charge < -0.3 is 20.7 Å². The van der Waals surface area contributed by atoms with E-state index in [4.69, 9.17) is 10.5 Å². The van der Waals surface area contributed by atoms with Crippen LogP contribution in [0.25, 0.3) is 0 Å². The Morgan fingerprint density at radius 1 is 1.50 bits per heavy atom. The number of nitrogens with one attached hydrogen (secondary N) is 1. The molecule has 5 heteroatoms. The van der Waals surface area contributed by atoms with Gasteiger partial charge in [-0.05, 0) is 44.8 Å². The Morgan fingerprint density at radius 3 is 2.72 bits per heavy atom. The molecule has 0 aromatic heterocycles. The molecule has 5 nitrogen and oxygen atoms in total. The molecule has 1 saturated heterocycles. The van der Waals surface area contributed by atoms with Crippen molar-refractivity contribution in [2.75, 3.05) is 39.9 Å². The van der Waals surface area contributed by atoms with E-state index in [1.54, 1.807) is 7.11 Å². The van der Waals surface area contributed by atoms with Crippen LogP contribution in [0.2, 0.25) is 0 Å². The fourth-order valence-corrected chi connectivity index (χ4v) is 2.38. The van der Waals surface area contributed by atoms with Gasteiger partial charge in [0.05, 0.1) is 6.61 Å². The van der Waals surface area contributed by atoms with Crippen LogP contribution in [-0.4, -0.2) is 56.7 Å². The van der Waals surface area contributed by atoms with Crippen LogP contribution >= 0.6 is 0 Å². The van der Waals surface area contributed by atoms with Gasteiger partial charge in [0.25, 0.3) is 0 Å². The standard InChI is InChI=1S/C13H27N3O2/c1-3-16-8-5-11(6-9-16)4-7-15-13(17)12(14)10-18-2/h11-12H,3-10,14H2,1-2H3,(H,15,17). The molecule has 0 radical (unpaired) electrons. The first-order valence-corrected chi connectivity index (χ1v) is 6.92. The molecule has 106 valence electrons. The highest BCUT2D eigenvalue weighted by atomic mass is 16.5. The van der Waals surface area contributed by atoms with Crippen LogP contribution < -0.4 is 11.1 Å². The van der Waals surface area contributed by atoms with Crippen molar-refractivity contribution >= 4 is 5.91 Å². The number of nitrogens with two attached hydrogens (primary N) is 1. The Labute approximate surface area is 110 Å². The van der Waals surface area contributed by atoms with E-state index < -0.39 is 6.04 Å². The van der Waals surface area contributed by atoms with E-state index in [2.05, 4.69) is 17.1 Å². The molecule has 1 unspecified atom stereocenters. The molecule has 1 rings (SSSR count). The number of methoxy groups -OCH3 is 1. The van der Waals surface area contributed by atoms with Gasteiger partial charge in [-0.2, -0.15) is 0 Å². The zero-order valence-electron chi connectivity index (χ0n) is 11.7. The van der Waals surface area contributed by atoms with Gasteiger partial charge in [-0.15, -0.1) is 0 Å². The molecule has 18 heavy (non-hydrogen) atoms. The summed E-state index contributed by atoms with van der Waals surface area (Å²) in [7, 11) is 1.55. The first-order valence-electron chi connectivity index (χ1n) is 6.92. The molecule has 1 aliphatic heterocycles. The zero-order valence-corrected chi connectivity index (χ0v) is 11.7. The molecule has 1 atom stereocenters. The molecule has 0 aromatic rings. The highest BCUT2D eigenvalue weighted by Crippen LogP contribution is 2.19. The third kappa shape index (κ3) is 5.33. The van der Waals surface area contributed by atoms with E-state index in [1.165, 1.54) is 25.9 Å². The lowest BCUT2D eigenvalue weighted by molar-refractivity contribution is -0.123. The van der Waals surface area contributed by atoms with Crippen LogP contribution in [0.4, 0.5) is 0 Å². The van der Waals surface area contributed by atoms with Gasteiger partial charge in [0.15, 0.2) is 0 Å². The molecule has 0 aromatic carbocycles. The Kier molecular flexibility index (Phi) is 7.23. The van der Waals surface area contributed by atoms with Crippen LogP contribution in [0.5, 0.6) is 0 Å². The summed E-state index contributed by atoms with van der Waals surface area (Å²) in [5.74, 6) is 0.634. The number of likely N-dealkylation sites (tertiary alicyclic amines) is 1. The molecule has 1 heterocycles. The van der Waals surface area contributed by atoms with Gasteiger partial charge >= 0.3 is 0 Å². The minimum atomic E-state index is -0.545. The SMILES string of the molecule is CCN1CCC(CCNC(=O)C(N)COC)CC1. The third-order valence-corrected chi connectivity index (χ3v) is 3.69. The lowest BCUT2D eigenvalue weighted by Gasteiger charge is -2.31. The smallest absolute Gasteiger partial charge is 0.239 e. The Morgan fingerprint density at radius 2 is 2.17 bits per heavy atom. The second-order valence-corrected chi connectivity index (χ2v) is 5.02. The molecular weight excluding hydrogens is 230 g/mol. The van der Waals surface area contributed by atoms with Crippen LogP contribution in [0.15, 0.2) is 0 Å². The van der Waals surface area contributed by atoms with E-state index in [9.17, 15) is 4.79 Å². The second kappa shape index (κ2) is 8.45. The van der Waals surface area contributed by atoms with Crippen LogP contribution in [0.1, 0.15) is 26.2 Å². The van der Waals surface area contributed by atoms with Crippen molar-refractivity contribution in [3.05, 3.63) is 0 Å². The number of ether oxygens (including phenoxy) is 1. The number of carbonyl (C=O) groups excluding carboxylic acids is 1. The maximum absolute atomic E-state index is 11.5. The monoisotopic (exact) mass is 257 g/mol. The van der Waals surface area contributed by atoms with Crippen molar-refractivity contribution in [1.29, 1.82) is 0 Å². The number of hydrogen-bond donors (Lipinski definition) is 2. The lowest BCUT2D eigenvalue weighted by atomic mass is 9.93. The molecule has 1 fully saturated rings. The number of nitrogens with zero attached hydrogens (tertiary/aromatic N) is 1. The fraction of sp³-hybridized carbons (Fsp3) is 0.923. The van der Waals surface area contributed by atoms with Crippen molar-refractivity contribution in [3.8, 4) is 0 Å². The largest absolute Gasteiger partial charge is 0.383 e. The summed E-state index contributed by atoms with van der Waals surface area (Å²) in [6, 6.07) is -0.545. The van der Waals surface area contributed by atoms with E-state index in [-0.39, 0.29) is 12.5 Å². The van der Waals surface area contributed by atoms with Crippen LogP contribution in [0.3, 0.4) is 0 Å². The Hall–Kier alpha value is -0.650. The second-order valence-electron chi connectivity index (χ2n) is 5.02. The number of piperidine rings is 1. The van der Waals surface area contributed by atoms with Gasteiger partial charge in [-0.3, -0.25) is 4.79 Å². The third-order valence-electron chi connectivity index (χ3n) is 3.69. The molecule has 0 spiro atoms. The van der Waals surface area contributed by atoms with Crippen LogP contribution in [0, 0.1) is 5.92 Å². The van der Waals surface area contributed by atoms with Crippen molar-refractivity contribution in [2.45, 2.75) is 32.2 Å². The summed E-state index contributed by atoms with van der Waals surface area (Å²) >= 11 is 0. The fourth-order valence-electron chi connectivity index (χ4n) is 2.38. The molecule has 0 bridgehead atoms. The normalized spacial score (nSPS) is 19.7. The maximum Gasteiger partial charge on any atom is 0.239 e. The lowest BCUT2D eigenvalue weighted by Crippen LogP contribution is -2.44. The molecule has 0 saturated carbocycles. The van der Waals surface area contributed by atoms with E-state index in [0.717, 1.165) is 25.4 Å². The number of rotatable bonds is 7. The van der Waals surface area contributed by atoms with Gasteiger partial charge in [0, 0.05) is 13.7 Å². The topological polar surface area (TPSA) is 67.6 Å². The maximum atomic E-state index is 11.5. The quantitative estimate of drug-likeness (QED) is 0.683. The van der Waals surface area contributed by atoms with Crippen molar-refractivity contribution in [3.63, 3.8) is 0 Å². The zero-order chi connectivity index (χ0) is 13.4. The number of amides is 1. The van der Waals surface area contributed by atoms with Crippen molar-refractivity contribution in [2.24, 2.45) is 11.7 Å². The molecular formula is C13H27N3O2. The summed E-state index contributed by atoms with van der Waals surface area (Å²) in [5, 5.41) is 2.88. The minimum absolute atomic E-state index is 0.108. The van der Waals surface area contributed by atoms with Crippen molar-refractivity contribution in [1.82, 2.24) is 10.2 Å². The Bertz CT molecular complexity index is 240. The van der Waals surface area contributed by atoms with Gasteiger partial charge in [0.2, 0.25) is 5.91 Å². The summed E-state index contributed by atoms with van der Waals surface area (Å²) in [6.07, 6.45) is 3.55. The van der Waals surface area contributed by atoms with Crippen molar-refractivity contribution < 1.29 is 9.53 Å². The first kappa shape index (κ1) is 15.4. The molecule has 1 aliphatic rings. The molecule has 1 amide bonds. The minimum Gasteiger partial charge on any atom is -0.383 e. The van der Waals surface area contributed by atoms with Crippen LogP contribution in [-0.2, 0) is 9.53 Å². The Balaban J connectivity index is 2.09. The summed E-state index contributed by atoms with van der Waals surface area (Å²) in [6.45, 7) is 6.75.